The molecule has 0 aliphatic carbocycles. The molecule has 0 saturated heterocycles. The van der Waals surface area contributed by atoms with Crippen molar-refractivity contribution in [3.05, 3.63) is 59.9 Å². The lowest BCUT2D eigenvalue weighted by molar-refractivity contribution is -0.120. The van der Waals surface area contributed by atoms with Crippen molar-refractivity contribution in [1.82, 2.24) is 15.0 Å². The van der Waals surface area contributed by atoms with E-state index in [1.54, 1.807) is 42.6 Å². The highest BCUT2D eigenvalue weighted by Crippen LogP contribution is 2.13. The van der Waals surface area contributed by atoms with Gasteiger partial charge in [0.25, 0.3) is 0 Å². The summed E-state index contributed by atoms with van der Waals surface area (Å²) in [6, 6.07) is 12.2. The third-order valence-electron chi connectivity index (χ3n) is 3.24. The minimum absolute atomic E-state index is 0.201. The van der Waals surface area contributed by atoms with E-state index in [0.29, 0.717) is 23.6 Å². The number of benzene rings is 1. The van der Waals surface area contributed by atoms with E-state index in [1.165, 1.54) is 0 Å². The van der Waals surface area contributed by atoms with Crippen molar-refractivity contribution in [3.8, 4) is 5.75 Å². The number of aromatic nitrogens is 1. The van der Waals surface area contributed by atoms with Crippen molar-refractivity contribution >= 4 is 15.9 Å². The molecule has 1 heterocycles. The van der Waals surface area contributed by atoms with Crippen LogP contribution in [0.4, 0.5) is 0 Å². The van der Waals surface area contributed by atoms with Crippen LogP contribution in [0.15, 0.2) is 48.7 Å². The molecular weight excluding hydrogens is 342 g/mol. The summed E-state index contributed by atoms with van der Waals surface area (Å²) in [5, 5.41) is 2.61. The van der Waals surface area contributed by atoms with Crippen molar-refractivity contribution in [2.45, 2.75) is 19.2 Å². The second-order valence-corrected chi connectivity index (χ2v) is 7.06. The highest BCUT2D eigenvalue weighted by Gasteiger charge is 2.13. The minimum atomic E-state index is -3.61. The summed E-state index contributed by atoms with van der Waals surface area (Å²) >= 11 is 0. The molecule has 0 saturated carbocycles. The maximum atomic E-state index is 12.1. The number of sulfonamides is 1. The second kappa shape index (κ2) is 9.14. The van der Waals surface area contributed by atoms with Crippen molar-refractivity contribution < 1.29 is 17.9 Å². The minimum Gasteiger partial charge on any atom is -0.494 e. The molecule has 0 aliphatic rings. The highest BCUT2D eigenvalue weighted by molar-refractivity contribution is 7.88. The maximum absolute atomic E-state index is 12.1. The van der Waals surface area contributed by atoms with Crippen LogP contribution in [0.1, 0.15) is 18.2 Å². The first-order valence-electron chi connectivity index (χ1n) is 7.84. The summed E-state index contributed by atoms with van der Waals surface area (Å²) in [5.41, 5.74) is 1.32. The van der Waals surface area contributed by atoms with Crippen LogP contribution in [0.2, 0.25) is 0 Å². The largest absolute Gasteiger partial charge is 0.494 e. The number of nitrogens with one attached hydrogen (secondary N) is 2. The van der Waals surface area contributed by atoms with E-state index in [-0.39, 0.29) is 18.8 Å². The first kappa shape index (κ1) is 18.9. The van der Waals surface area contributed by atoms with Gasteiger partial charge < -0.3 is 10.1 Å². The molecule has 134 valence electrons. The Kier molecular flexibility index (Phi) is 6.91. The zero-order valence-electron chi connectivity index (χ0n) is 13.9. The van der Waals surface area contributed by atoms with Gasteiger partial charge in [0.05, 0.1) is 31.1 Å². The van der Waals surface area contributed by atoms with Crippen molar-refractivity contribution in [2.75, 3.05) is 13.2 Å². The lowest BCUT2D eigenvalue weighted by Crippen LogP contribution is -2.37. The average Bonchev–Trinajstić information content (AvgIpc) is 2.61. The Balaban J connectivity index is 1.79. The number of carbonyl (C=O) groups excluding carboxylic acids is 1. The van der Waals surface area contributed by atoms with Gasteiger partial charge >= 0.3 is 0 Å². The number of rotatable bonds is 9. The van der Waals surface area contributed by atoms with Crippen molar-refractivity contribution in [1.29, 1.82) is 0 Å². The van der Waals surface area contributed by atoms with Gasteiger partial charge in [0.15, 0.2) is 0 Å². The van der Waals surface area contributed by atoms with Gasteiger partial charge in [0.1, 0.15) is 5.75 Å². The van der Waals surface area contributed by atoms with Crippen LogP contribution in [-0.4, -0.2) is 32.5 Å². The van der Waals surface area contributed by atoms with Crippen LogP contribution < -0.4 is 14.8 Å². The standard InChI is InChI=1S/C17H21N3O4S/c1-2-24-16-8-6-14(7-9-16)13-25(22,23)20-12-17(21)19-11-15-5-3-4-10-18-15/h3-10,20H,2,11-13H2,1H3,(H,19,21). The number of hydrogen-bond acceptors (Lipinski definition) is 5. The molecule has 0 aliphatic heterocycles. The molecule has 1 amide bonds. The first-order chi connectivity index (χ1) is 12.0. The summed E-state index contributed by atoms with van der Waals surface area (Å²) in [6.45, 7) is 2.36. The normalized spacial score (nSPS) is 11.1. The topological polar surface area (TPSA) is 97.4 Å². The van der Waals surface area contributed by atoms with E-state index >= 15 is 0 Å². The lowest BCUT2D eigenvalue weighted by atomic mass is 10.2. The Morgan fingerprint density at radius 3 is 2.56 bits per heavy atom. The van der Waals surface area contributed by atoms with E-state index in [1.807, 2.05) is 13.0 Å². The molecule has 0 radical (unpaired) electrons. The Labute approximate surface area is 147 Å². The monoisotopic (exact) mass is 363 g/mol. The van der Waals surface area contributed by atoms with Gasteiger partial charge in [-0.05, 0) is 36.8 Å². The Hall–Kier alpha value is -2.45. The van der Waals surface area contributed by atoms with E-state index in [0.717, 1.165) is 0 Å². The number of pyridine rings is 1. The fraction of sp³-hybridized carbons (Fsp3) is 0.294. The zero-order valence-corrected chi connectivity index (χ0v) is 14.8. The summed E-state index contributed by atoms with van der Waals surface area (Å²) < 4.78 is 31.7. The van der Waals surface area contributed by atoms with Crippen LogP contribution in [0, 0.1) is 0 Å². The maximum Gasteiger partial charge on any atom is 0.235 e. The fourth-order valence-electron chi connectivity index (χ4n) is 2.05. The number of ether oxygens (including phenoxy) is 1. The van der Waals surface area contributed by atoms with Crippen LogP contribution >= 0.6 is 0 Å². The molecule has 25 heavy (non-hydrogen) atoms. The highest BCUT2D eigenvalue weighted by atomic mass is 32.2. The van der Waals surface area contributed by atoms with E-state index < -0.39 is 15.9 Å². The molecule has 0 atom stereocenters. The molecule has 0 bridgehead atoms. The van der Waals surface area contributed by atoms with Gasteiger partial charge in [-0.2, -0.15) is 0 Å². The van der Waals surface area contributed by atoms with Gasteiger partial charge in [-0.25, -0.2) is 13.1 Å². The molecule has 2 N–H and O–H groups in total. The lowest BCUT2D eigenvalue weighted by Gasteiger charge is -2.08. The summed E-state index contributed by atoms with van der Waals surface area (Å²) in [7, 11) is -3.61. The molecule has 2 rings (SSSR count). The molecule has 2 aromatic rings. The molecule has 0 spiro atoms. The SMILES string of the molecule is CCOc1ccc(CS(=O)(=O)NCC(=O)NCc2ccccn2)cc1. The number of hydrogen-bond donors (Lipinski definition) is 2. The average molecular weight is 363 g/mol. The van der Waals surface area contributed by atoms with Crippen LogP contribution in [0.5, 0.6) is 5.75 Å². The Morgan fingerprint density at radius 2 is 1.92 bits per heavy atom. The zero-order chi connectivity index (χ0) is 18.1. The van der Waals surface area contributed by atoms with Gasteiger partial charge in [-0.15, -0.1) is 0 Å². The Bertz CT molecular complexity index is 777. The second-order valence-electron chi connectivity index (χ2n) is 5.25. The predicted octanol–water partition coefficient (Wildman–Crippen LogP) is 1.22. The quantitative estimate of drug-likeness (QED) is 0.698. The number of amides is 1. The van der Waals surface area contributed by atoms with E-state index in [2.05, 4.69) is 15.0 Å². The van der Waals surface area contributed by atoms with Crippen LogP contribution in [0.3, 0.4) is 0 Å². The fourth-order valence-corrected chi connectivity index (χ4v) is 3.13. The summed E-state index contributed by atoms with van der Waals surface area (Å²) in [4.78, 5) is 15.8. The molecule has 0 fully saturated rings. The van der Waals surface area contributed by atoms with Gasteiger partial charge in [0, 0.05) is 6.20 Å². The molecule has 1 aromatic heterocycles. The van der Waals surface area contributed by atoms with E-state index in [9.17, 15) is 13.2 Å². The Morgan fingerprint density at radius 1 is 1.16 bits per heavy atom. The molecule has 7 nitrogen and oxygen atoms in total. The number of carbonyl (C=O) groups is 1. The van der Waals surface area contributed by atoms with Crippen LogP contribution in [0.25, 0.3) is 0 Å². The summed E-state index contributed by atoms with van der Waals surface area (Å²) in [5.74, 6) is 0.0684. The summed E-state index contributed by atoms with van der Waals surface area (Å²) in [6.07, 6.45) is 1.63. The van der Waals surface area contributed by atoms with Gasteiger partial charge in [-0.3, -0.25) is 9.78 Å². The molecular formula is C17H21N3O4S. The third-order valence-corrected chi connectivity index (χ3v) is 4.53. The molecule has 8 heteroatoms. The van der Waals surface area contributed by atoms with Gasteiger partial charge in [-0.1, -0.05) is 18.2 Å². The van der Waals surface area contributed by atoms with Crippen molar-refractivity contribution in [2.24, 2.45) is 0 Å². The predicted molar refractivity (Wildman–Crippen MR) is 94.3 cm³/mol. The third kappa shape index (κ3) is 6.90. The first-order valence-corrected chi connectivity index (χ1v) is 9.49. The number of nitrogens with zero attached hydrogens (tertiary/aromatic N) is 1. The molecule has 0 unspecified atom stereocenters. The van der Waals surface area contributed by atoms with Gasteiger partial charge in [0.2, 0.25) is 15.9 Å². The van der Waals surface area contributed by atoms with Crippen LogP contribution in [-0.2, 0) is 27.1 Å². The van der Waals surface area contributed by atoms with E-state index in [4.69, 9.17) is 4.74 Å². The molecule has 1 aromatic carbocycles. The smallest absolute Gasteiger partial charge is 0.235 e. The van der Waals surface area contributed by atoms with Crippen molar-refractivity contribution in [3.63, 3.8) is 0 Å².